The minimum absolute atomic E-state index is 0.0460. The summed E-state index contributed by atoms with van der Waals surface area (Å²) in [4.78, 5) is 18.4. The molecule has 0 spiro atoms. The zero-order valence-corrected chi connectivity index (χ0v) is 14.3. The Labute approximate surface area is 149 Å². The quantitative estimate of drug-likeness (QED) is 0.855. The van der Waals surface area contributed by atoms with Gasteiger partial charge in [-0.3, -0.25) is 9.69 Å². The Morgan fingerprint density at radius 1 is 1.27 bits per heavy atom. The van der Waals surface area contributed by atoms with Crippen molar-refractivity contribution in [3.05, 3.63) is 47.1 Å². The molecule has 2 heterocycles. The van der Waals surface area contributed by atoms with E-state index in [1.807, 2.05) is 0 Å². The minimum atomic E-state index is -0.837. The van der Waals surface area contributed by atoms with Gasteiger partial charge >= 0.3 is 0 Å². The Bertz CT molecular complexity index is 806. The normalized spacial score (nSPS) is 20.5. The number of carbonyl (C=O) groups is 1. The van der Waals surface area contributed by atoms with Crippen LogP contribution in [0.25, 0.3) is 0 Å². The number of nitrogens with zero attached hydrogens (tertiary/aromatic N) is 3. The number of likely N-dealkylation sites (tertiary alicyclic amines) is 1. The molecule has 0 radical (unpaired) electrons. The van der Waals surface area contributed by atoms with E-state index in [0.717, 1.165) is 43.9 Å². The van der Waals surface area contributed by atoms with Gasteiger partial charge in [-0.1, -0.05) is 11.2 Å². The maximum atomic E-state index is 13.3. The number of carbonyl (C=O) groups excluding carboxylic acids is 1. The second kappa shape index (κ2) is 7.11. The fourth-order valence-corrected chi connectivity index (χ4v) is 3.28. The van der Waals surface area contributed by atoms with Crippen molar-refractivity contribution in [2.45, 2.75) is 44.2 Å². The van der Waals surface area contributed by atoms with Crippen molar-refractivity contribution >= 4 is 5.91 Å². The van der Waals surface area contributed by atoms with Crippen LogP contribution in [0.2, 0.25) is 0 Å². The van der Waals surface area contributed by atoms with Crippen LogP contribution in [0, 0.1) is 11.6 Å². The van der Waals surface area contributed by atoms with Gasteiger partial charge in [0.2, 0.25) is 5.89 Å². The first-order valence-electron chi connectivity index (χ1n) is 8.92. The Morgan fingerprint density at radius 2 is 2.12 bits per heavy atom. The molecule has 6 nitrogen and oxygen atoms in total. The molecule has 1 aromatic carbocycles. The lowest BCUT2D eigenvalue weighted by atomic mass is 10.1. The van der Waals surface area contributed by atoms with Crippen LogP contribution < -0.4 is 5.32 Å². The van der Waals surface area contributed by atoms with E-state index in [1.54, 1.807) is 6.07 Å². The Balaban J connectivity index is 1.39. The molecule has 0 bridgehead atoms. The number of benzene rings is 1. The summed E-state index contributed by atoms with van der Waals surface area (Å²) < 4.78 is 31.7. The van der Waals surface area contributed by atoms with Gasteiger partial charge in [0.1, 0.15) is 0 Å². The molecule has 2 fully saturated rings. The number of amides is 1. The summed E-state index contributed by atoms with van der Waals surface area (Å²) >= 11 is 0. The molecule has 138 valence electrons. The smallest absolute Gasteiger partial charge is 0.292 e. The third-order valence-electron chi connectivity index (χ3n) is 4.88. The Morgan fingerprint density at radius 3 is 2.88 bits per heavy atom. The highest BCUT2D eigenvalue weighted by molar-refractivity contribution is 5.90. The third kappa shape index (κ3) is 3.75. The highest BCUT2D eigenvalue weighted by atomic mass is 19.2. The summed E-state index contributed by atoms with van der Waals surface area (Å²) in [6.45, 7) is 1.53. The largest absolute Gasteiger partial charge is 0.346 e. The predicted molar refractivity (Wildman–Crippen MR) is 88.4 cm³/mol. The van der Waals surface area contributed by atoms with Crippen molar-refractivity contribution in [3.8, 4) is 0 Å². The van der Waals surface area contributed by atoms with Crippen LogP contribution in [0.15, 0.2) is 22.7 Å². The third-order valence-corrected chi connectivity index (χ3v) is 4.88. The molecule has 1 aliphatic heterocycles. The van der Waals surface area contributed by atoms with Gasteiger partial charge in [-0.15, -0.1) is 0 Å². The van der Waals surface area contributed by atoms with E-state index in [0.29, 0.717) is 18.9 Å². The van der Waals surface area contributed by atoms with Crippen molar-refractivity contribution in [1.29, 1.82) is 0 Å². The predicted octanol–water partition coefficient (Wildman–Crippen LogP) is 2.62. The highest BCUT2D eigenvalue weighted by Gasteiger charge is 2.32. The average molecular weight is 362 g/mol. The Hall–Kier alpha value is -2.35. The highest BCUT2D eigenvalue weighted by Crippen LogP contribution is 2.31. The van der Waals surface area contributed by atoms with Crippen LogP contribution in [0.3, 0.4) is 0 Å². The average Bonchev–Trinajstić information content (AvgIpc) is 3.12. The second-order valence-corrected chi connectivity index (χ2v) is 6.90. The molecule has 1 aliphatic carbocycles. The van der Waals surface area contributed by atoms with Crippen molar-refractivity contribution < 1.29 is 18.1 Å². The summed E-state index contributed by atoms with van der Waals surface area (Å²) in [5, 5.41) is 6.64. The van der Waals surface area contributed by atoms with Gasteiger partial charge in [-0.2, -0.15) is 4.98 Å². The van der Waals surface area contributed by atoms with E-state index in [1.165, 1.54) is 6.07 Å². The first kappa shape index (κ1) is 17.1. The van der Waals surface area contributed by atoms with Crippen LogP contribution in [0.1, 0.15) is 53.8 Å². The van der Waals surface area contributed by atoms with Gasteiger partial charge in [-0.05, 0) is 56.3 Å². The van der Waals surface area contributed by atoms with Crippen molar-refractivity contribution in [2.24, 2.45) is 0 Å². The molecule has 8 heteroatoms. The zero-order valence-electron chi connectivity index (χ0n) is 14.3. The maximum absolute atomic E-state index is 13.3. The molecule has 1 saturated heterocycles. The molecule has 2 aliphatic rings. The number of aromatic nitrogens is 2. The summed E-state index contributed by atoms with van der Waals surface area (Å²) in [5.41, 5.74) is 0.740. The fraction of sp³-hybridized carbons (Fsp3) is 0.500. The Kier molecular flexibility index (Phi) is 4.67. The van der Waals surface area contributed by atoms with Gasteiger partial charge in [0.15, 0.2) is 11.6 Å². The van der Waals surface area contributed by atoms with Crippen LogP contribution in [0.4, 0.5) is 8.78 Å². The van der Waals surface area contributed by atoms with E-state index in [-0.39, 0.29) is 23.8 Å². The van der Waals surface area contributed by atoms with Crippen LogP contribution in [-0.4, -0.2) is 40.1 Å². The number of hydrogen-bond acceptors (Lipinski definition) is 5. The molecule has 1 saturated carbocycles. The lowest BCUT2D eigenvalue weighted by Crippen LogP contribution is -2.27. The van der Waals surface area contributed by atoms with Gasteiger partial charge in [0, 0.05) is 12.6 Å². The standard InChI is InChI=1S/C18H20F2N4O2/c19-13-6-3-11(10-14(13)20)7-9-24-8-1-2-15(24)18-22-16(23-26-18)17(25)21-12-4-5-12/h3,6,10,12,15H,1-2,4-5,7-9H2,(H,21,25)/t15-/m1/s1. The molecule has 26 heavy (non-hydrogen) atoms. The van der Waals surface area contributed by atoms with Crippen molar-refractivity contribution in [3.63, 3.8) is 0 Å². The number of rotatable bonds is 6. The first-order valence-corrected chi connectivity index (χ1v) is 8.92. The molecule has 1 atom stereocenters. The summed E-state index contributed by atoms with van der Waals surface area (Å²) in [5.74, 6) is -1.46. The summed E-state index contributed by atoms with van der Waals surface area (Å²) in [7, 11) is 0. The molecule has 2 aromatic rings. The van der Waals surface area contributed by atoms with E-state index < -0.39 is 11.6 Å². The lowest BCUT2D eigenvalue weighted by Gasteiger charge is -2.21. The molecule has 1 amide bonds. The fourth-order valence-electron chi connectivity index (χ4n) is 3.28. The molecular weight excluding hydrogens is 342 g/mol. The summed E-state index contributed by atoms with van der Waals surface area (Å²) in [6.07, 6.45) is 4.43. The van der Waals surface area contributed by atoms with Crippen LogP contribution in [-0.2, 0) is 6.42 Å². The van der Waals surface area contributed by atoms with Gasteiger partial charge in [0.05, 0.1) is 6.04 Å². The number of halogens is 2. The monoisotopic (exact) mass is 362 g/mol. The molecule has 1 aromatic heterocycles. The van der Waals surface area contributed by atoms with E-state index in [4.69, 9.17) is 4.52 Å². The topological polar surface area (TPSA) is 71.3 Å². The minimum Gasteiger partial charge on any atom is -0.346 e. The number of hydrogen-bond donors (Lipinski definition) is 1. The first-order chi connectivity index (χ1) is 12.6. The molecule has 4 rings (SSSR count). The van der Waals surface area contributed by atoms with Crippen LogP contribution >= 0.6 is 0 Å². The molecule has 1 N–H and O–H groups in total. The van der Waals surface area contributed by atoms with Gasteiger partial charge in [0.25, 0.3) is 11.7 Å². The van der Waals surface area contributed by atoms with E-state index >= 15 is 0 Å². The van der Waals surface area contributed by atoms with Gasteiger partial charge in [-0.25, -0.2) is 8.78 Å². The summed E-state index contributed by atoms with van der Waals surface area (Å²) in [6, 6.07) is 4.16. The number of nitrogens with one attached hydrogen (secondary N) is 1. The second-order valence-electron chi connectivity index (χ2n) is 6.90. The molecular formula is C18H20F2N4O2. The van der Waals surface area contributed by atoms with Crippen molar-refractivity contribution in [1.82, 2.24) is 20.4 Å². The van der Waals surface area contributed by atoms with Crippen molar-refractivity contribution in [2.75, 3.05) is 13.1 Å². The van der Waals surface area contributed by atoms with Crippen LogP contribution in [0.5, 0.6) is 0 Å². The maximum Gasteiger partial charge on any atom is 0.292 e. The lowest BCUT2D eigenvalue weighted by molar-refractivity contribution is 0.0937. The SMILES string of the molecule is O=C(NC1CC1)c1noc([C@H]2CCCN2CCc2ccc(F)c(F)c2)n1. The molecule has 0 unspecified atom stereocenters. The van der Waals surface area contributed by atoms with E-state index in [9.17, 15) is 13.6 Å². The van der Waals surface area contributed by atoms with Gasteiger partial charge < -0.3 is 9.84 Å². The zero-order chi connectivity index (χ0) is 18.1. The van der Waals surface area contributed by atoms with E-state index in [2.05, 4.69) is 20.4 Å².